The highest BCUT2D eigenvalue weighted by molar-refractivity contribution is 5.79. The van der Waals surface area contributed by atoms with Gasteiger partial charge in [0.25, 0.3) is 0 Å². The van der Waals surface area contributed by atoms with Crippen molar-refractivity contribution >= 4 is 5.91 Å². The normalized spacial score (nSPS) is 12.9. The Morgan fingerprint density at radius 2 is 1.87 bits per heavy atom. The first kappa shape index (κ1) is 16.7. The van der Waals surface area contributed by atoms with Gasteiger partial charge in [-0.1, -0.05) is 42.5 Å². The molecule has 2 aromatic carbocycles. The van der Waals surface area contributed by atoms with E-state index in [4.69, 9.17) is 0 Å². The van der Waals surface area contributed by atoms with Gasteiger partial charge >= 0.3 is 0 Å². The monoisotopic (exact) mass is 310 g/mol. The number of nitriles is 1. The number of nitrogens with zero attached hydrogens (tertiary/aromatic N) is 1. The van der Waals surface area contributed by atoms with Crippen molar-refractivity contribution in [2.45, 2.75) is 31.7 Å². The Morgan fingerprint density at radius 3 is 2.52 bits per heavy atom. The molecular formula is C19H19FN2O. The van der Waals surface area contributed by atoms with Gasteiger partial charge in [-0.3, -0.25) is 4.79 Å². The van der Waals surface area contributed by atoms with Gasteiger partial charge in [0.05, 0.1) is 12.5 Å². The molecule has 0 heterocycles. The second-order valence-corrected chi connectivity index (χ2v) is 5.78. The molecule has 1 atom stereocenters. The van der Waals surface area contributed by atoms with Crippen LogP contribution in [0.15, 0.2) is 54.6 Å². The molecule has 0 fully saturated rings. The van der Waals surface area contributed by atoms with E-state index >= 15 is 0 Å². The summed E-state index contributed by atoms with van der Waals surface area (Å²) in [6, 6.07) is 17.9. The van der Waals surface area contributed by atoms with Crippen molar-refractivity contribution in [2.75, 3.05) is 0 Å². The van der Waals surface area contributed by atoms with Gasteiger partial charge in [-0.05, 0) is 43.0 Å². The van der Waals surface area contributed by atoms with Gasteiger partial charge in [-0.15, -0.1) is 0 Å². The number of carbonyl (C=O) groups excluding carboxylic acids is 1. The number of rotatable bonds is 6. The number of halogens is 1. The molecular weight excluding hydrogens is 291 g/mol. The van der Waals surface area contributed by atoms with Gasteiger partial charge in [0, 0.05) is 0 Å². The van der Waals surface area contributed by atoms with Crippen molar-refractivity contribution in [1.82, 2.24) is 5.32 Å². The lowest BCUT2D eigenvalue weighted by atomic mass is 9.94. The maximum atomic E-state index is 13.1. The number of aryl methyl sites for hydroxylation is 1. The summed E-state index contributed by atoms with van der Waals surface area (Å²) in [5.41, 5.74) is 0.763. The fourth-order valence-corrected chi connectivity index (χ4v) is 2.37. The Morgan fingerprint density at radius 1 is 1.17 bits per heavy atom. The van der Waals surface area contributed by atoms with Crippen molar-refractivity contribution in [3.05, 3.63) is 71.5 Å². The molecule has 0 radical (unpaired) electrons. The first-order valence-corrected chi connectivity index (χ1v) is 7.51. The summed E-state index contributed by atoms with van der Waals surface area (Å²) in [4.78, 5) is 12.1. The van der Waals surface area contributed by atoms with Crippen molar-refractivity contribution in [1.29, 1.82) is 5.26 Å². The molecule has 3 nitrogen and oxygen atoms in total. The predicted molar refractivity (Wildman–Crippen MR) is 87.0 cm³/mol. The van der Waals surface area contributed by atoms with E-state index in [9.17, 15) is 14.4 Å². The van der Waals surface area contributed by atoms with Gasteiger partial charge in [0.1, 0.15) is 11.4 Å². The summed E-state index contributed by atoms with van der Waals surface area (Å²) in [5, 5.41) is 12.2. The summed E-state index contributed by atoms with van der Waals surface area (Å²) in [5.74, 6) is -0.657. The molecule has 23 heavy (non-hydrogen) atoms. The molecule has 2 aromatic rings. The quantitative estimate of drug-likeness (QED) is 0.889. The average molecular weight is 310 g/mol. The molecule has 0 aromatic heterocycles. The summed E-state index contributed by atoms with van der Waals surface area (Å²) in [7, 11) is 0. The van der Waals surface area contributed by atoms with Crippen LogP contribution in [0, 0.1) is 17.1 Å². The van der Waals surface area contributed by atoms with E-state index in [2.05, 4.69) is 11.4 Å². The number of hydrogen-bond donors (Lipinski definition) is 1. The van der Waals surface area contributed by atoms with Gasteiger partial charge in [0.2, 0.25) is 5.91 Å². The highest BCUT2D eigenvalue weighted by Gasteiger charge is 2.25. The Hall–Kier alpha value is -2.67. The molecule has 1 N–H and O–H groups in total. The molecule has 0 aliphatic heterocycles. The van der Waals surface area contributed by atoms with Gasteiger partial charge in [-0.25, -0.2) is 4.39 Å². The van der Waals surface area contributed by atoms with Crippen LogP contribution in [0.4, 0.5) is 4.39 Å². The van der Waals surface area contributed by atoms with E-state index in [0.29, 0.717) is 18.4 Å². The number of carbonyl (C=O) groups is 1. The Kier molecular flexibility index (Phi) is 5.48. The summed E-state index contributed by atoms with van der Waals surface area (Å²) < 4.78 is 13.1. The number of amides is 1. The molecule has 0 aliphatic rings. The SMILES string of the molecule is C[C@@](C#N)(CCc1ccccc1)NC(=O)Cc1cccc(F)c1. The molecule has 2 rings (SSSR count). The topological polar surface area (TPSA) is 52.9 Å². The Balaban J connectivity index is 1.94. The van der Waals surface area contributed by atoms with E-state index in [1.807, 2.05) is 30.3 Å². The lowest BCUT2D eigenvalue weighted by Gasteiger charge is -2.23. The lowest BCUT2D eigenvalue weighted by Crippen LogP contribution is -2.45. The molecule has 0 spiro atoms. The van der Waals surface area contributed by atoms with Crippen LogP contribution in [-0.2, 0) is 17.6 Å². The third kappa shape index (κ3) is 5.23. The number of benzene rings is 2. The minimum absolute atomic E-state index is 0.0559. The standard InChI is InChI=1S/C19H19FN2O/c1-19(14-21,11-10-15-6-3-2-4-7-15)22-18(23)13-16-8-5-9-17(20)12-16/h2-9,12H,10-11,13H2,1H3,(H,22,23)/t19-/m0/s1. The van der Waals surface area contributed by atoms with Crippen LogP contribution in [0.3, 0.4) is 0 Å². The third-order valence-corrected chi connectivity index (χ3v) is 3.67. The van der Waals surface area contributed by atoms with Crippen LogP contribution in [-0.4, -0.2) is 11.4 Å². The molecule has 0 bridgehead atoms. The second kappa shape index (κ2) is 7.55. The predicted octanol–water partition coefficient (Wildman–Crippen LogP) is 3.40. The molecule has 0 saturated carbocycles. The Labute approximate surface area is 135 Å². The van der Waals surface area contributed by atoms with Crippen LogP contribution in [0.25, 0.3) is 0 Å². The fraction of sp³-hybridized carbons (Fsp3) is 0.263. The minimum atomic E-state index is -0.944. The van der Waals surface area contributed by atoms with E-state index < -0.39 is 5.54 Å². The number of nitrogens with one attached hydrogen (secondary N) is 1. The maximum Gasteiger partial charge on any atom is 0.225 e. The molecule has 118 valence electrons. The van der Waals surface area contributed by atoms with Crippen LogP contribution in [0.1, 0.15) is 24.5 Å². The van der Waals surface area contributed by atoms with Gasteiger partial charge in [-0.2, -0.15) is 5.26 Å². The second-order valence-electron chi connectivity index (χ2n) is 5.78. The molecule has 0 unspecified atom stereocenters. The molecule has 0 aliphatic carbocycles. The van der Waals surface area contributed by atoms with E-state index in [0.717, 1.165) is 5.56 Å². The van der Waals surface area contributed by atoms with Crippen molar-refractivity contribution in [2.24, 2.45) is 0 Å². The zero-order valence-corrected chi connectivity index (χ0v) is 13.1. The highest BCUT2D eigenvalue weighted by atomic mass is 19.1. The molecule has 4 heteroatoms. The minimum Gasteiger partial charge on any atom is -0.338 e. The van der Waals surface area contributed by atoms with Crippen molar-refractivity contribution in [3.8, 4) is 6.07 Å². The van der Waals surface area contributed by atoms with Crippen LogP contribution < -0.4 is 5.32 Å². The number of hydrogen-bond acceptors (Lipinski definition) is 2. The summed E-state index contributed by atoms with van der Waals surface area (Å²) >= 11 is 0. The smallest absolute Gasteiger partial charge is 0.225 e. The first-order valence-electron chi connectivity index (χ1n) is 7.51. The third-order valence-electron chi connectivity index (χ3n) is 3.67. The van der Waals surface area contributed by atoms with Gasteiger partial charge < -0.3 is 5.32 Å². The Bertz CT molecular complexity index is 709. The van der Waals surface area contributed by atoms with Crippen LogP contribution in [0.5, 0.6) is 0 Å². The van der Waals surface area contributed by atoms with Crippen LogP contribution >= 0.6 is 0 Å². The van der Waals surface area contributed by atoms with Crippen molar-refractivity contribution < 1.29 is 9.18 Å². The lowest BCUT2D eigenvalue weighted by molar-refractivity contribution is -0.121. The van der Waals surface area contributed by atoms with E-state index in [-0.39, 0.29) is 18.1 Å². The van der Waals surface area contributed by atoms with E-state index in [1.54, 1.807) is 19.1 Å². The van der Waals surface area contributed by atoms with Crippen molar-refractivity contribution in [3.63, 3.8) is 0 Å². The van der Waals surface area contributed by atoms with Gasteiger partial charge in [0.15, 0.2) is 0 Å². The largest absolute Gasteiger partial charge is 0.338 e. The maximum absolute atomic E-state index is 13.1. The summed E-state index contributed by atoms with van der Waals surface area (Å²) in [6.45, 7) is 1.71. The molecule has 1 amide bonds. The zero-order valence-electron chi connectivity index (χ0n) is 13.1. The first-order chi connectivity index (χ1) is 11.0. The molecule has 0 saturated heterocycles. The zero-order chi connectivity index (χ0) is 16.7. The summed E-state index contributed by atoms with van der Waals surface area (Å²) in [6.07, 6.45) is 1.27. The van der Waals surface area contributed by atoms with E-state index in [1.165, 1.54) is 12.1 Å². The fourth-order valence-electron chi connectivity index (χ4n) is 2.37. The highest BCUT2D eigenvalue weighted by Crippen LogP contribution is 2.14. The average Bonchev–Trinajstić information content (AvgIpc) is 2.54. The van der Waals surface area contributed by atoms with Crippen LogP contribution in [0.2, 0.25) is 0 Å².